The van der Waals surface area contributed by atoms with Crippen LogP contribution in [0.25, 0.3) is 33.4 Å². The summed E-state index contributed by atoms with van der Waals surface area (Å²) in [5.41, 5.74) is 6.41. The van der Waals surface area contributed by atoms with E-state index in [1.807, 2.05) is 109 Å². The van der Waals surface area contributed by atoms with Gasteiger partial charge in [-0.2, -0.15) is 0 Å². The molecule has 6 rings (SSSR count). The highest BCUT2D eigenvalue weighted by atomic mass is 35.5. The Kier molecular flexibility index (Phi) is 8.00. The van der Waals surface area contributed by atoms with Crippen LogP contribution in [0.5, 0.6) is 11.5 Å². The van der Waals surface area contributed by atoms with Crippen LogP contribution in [-0.4, -0.2) is 9.35 Å². The molecule has 0 saturated heterocycles. The Morgan fingerprint density at radius 1 is 0.578 bits per heavy atom. The van der Waals surface area contributed by atoms with Gasteiger partial charge in [-0.1, -0.05) is 78.3 Å². The third-order valence-electron chi connectivity index (χ3n) is 8.01. The molecule has 2 heterocycles. The number of benzene rings is 4. The lowest BCUT2D eigenvalue weighted by Crippen LogP contribution is -2.28. The standard InChI is InChI=1S/C38H30ClFN2O3/c1-23-22-34(43)35(29-16-20-33(21-17-29)45-32-8-6-5-7-9-32)24(2)41(23)42-25(3)36(38(44)37(39)26(42)4)30-12-10-27(11-13-30)28-14-18-31(40)19-15-28/h5-22H,1-4H3. The average molecular weight is 617 g/mol. The quantitative estimate of drug-likeness (QED) is 0.187. The molecular weight excluding hydrogens is 587 g/mol. The molecule has 0 atom stereocenters. The molecule has 0 spiro atoms. The van der Waals surface area contributed by atoms with Crippen LogP contribution in [0.15, 0.2) is 119 Å². The minimum Gasteiger partial charge on any atom is -0.457 e. The molecule has 2 aromatic heterocycles. The van der Waals surface area contributed by atoms with Crippen molar-refractivity contribution in [2.24, 2.45) is 0 Å². The Morgan fingerprint density at radius 3 is 1.69 bits per heavy atom. The lowest BCUT2D eigenvalue weighted by Gasteiger charge is -2.26. The number of nitrogens with zero attached hydrogens (tertiary/aromatic N) is 2. The summed E-state index contributed by atoms with van der Waals surface area (Å²) in [5, 5.41) is 0.0969. The molecule has 0 aliphatic carbocycles. The zero-order valence-electron chi connectivity index (χ0n) is 25.3. The van der Waals surface area contributed by atoms with Gasteiger partial charge in [0.25, 0.3) is 0 Å². The maximum absolute atomic E-state index is 13.6. The van der Waals surface area contributed by atoms with Crippen LogP contribution in [0.1, 0.15) is 22.8 Å². The van der Waals surface area contributed by atoms with Crippen molar-refractivity contribution in [1.29, 1.82) is 0 Å². The van der Waals surface area contributed by atoms with Crippen molar-refractivity contribution in [1.82, 2.24) is 9.35 Å². The van der Waals surface area contributed by atoms with Gasteiger partial charge in [-0.15, -0.1) is 0 Å². The Bertz CT molecular complexity index is 2150. The normalized spacial score (nSPS) is 11.1. The van der Waals surface area contributed by atoms with Gasteiger partial charge in [0, 0.05) is 23.1 Å². The van der Waals surface area contributed by atoms with Crippen molar-refractivity contribution in [2.45, 2.75) is 27.7 Å². The summed E-state index contributed by atoms with van der Waals surface area (Å²) in [7, 11) is 0. The Hall–Kier alpha value is -5.20. The van der Waals surface area contributed by atoms with Crippen molar-refractivity contribution in [3.05, 3.63) is 163 Å². The van der Waals surface area contributed by atoms with E-state index in [4.69, 9.17) is 16.3 Å². The molecule has 0 bridgehead atoms. The molecule has 6 aromatic rings. The highest BCUT2D eigenvalue weighted by Gasteiger charge is 2.22. The summed E-state index contributed by atoms with van der Waals surface area (Å²) in [5.74, 6) is 1.08. The van der Waals surface area contributed by atoms with E-state index >= 15 is 0 Å². The Labute approximate surface area is 265 Å². The van der Waals surface area contributed by atoms with E-state index in [1.165, 1.54) is 12.1 Å². The first-order valence-electron chi connectivity index (χ1n) is 14.5. The summed E-state index contributed by atoms with van der Waals surface area (Å²) in [6.45, 7) is 7.42. The van der Waals surface area contributed by atoms with Crippen LogP contribution in [0.3, 0.4) is 0 Å². The maximum atomic E-state index is 13.6. The van der Waals surface area contributed by atoms with Gasteiger partial charge in [-0.05, 0) is 86.3 Å². The number of aryl methyl sites for hydroxylation is 1. The summed E-state index contributed by atoms with van der Waals surface area (Å²) < 4.78 is 23.2. The van der Waals surface area contributed by atoms with E-state index in [1.54, 1.807) is 25.1 Å². The van der Waals surface area contributed by atoms with E-state index in [-0.39, 0.29) is 21.7 Å². The zero-order chi connectivity index (χ0) is 31.8. The molecule has 45 heavy (non-hydrogen) atoms. The summed E-state index contributed by atoms with van der Waals surface area (Å²) >= 11 is 6.72. The van der Waals surface area contributed by atoms with Crippen LogP contribution in [-0.2, 0) is 0 Å². The number of ether oxygens (including phenoxy) is 1. The molecule has 0 unspecified atom stereocenters. The van der Waals surface area contributed by atoms with Crippen molar-refractivity contribution in [3.63, 3.8) is 0 Å². The molecular formula is C38H30ClFN2O3. The fourth-order valence-corrected chi connectivity index (χ4v) is 6.02. The largest absolute Gasteiger partial charge is 0.457 e. The molecule has 0 fully saturated rings. The van der Waals surface area contributed by atoms with Crippen molar-refractivity contribution < 1.29 is 9.13 Å². The Morgan fingerprint density at radius 2 is 1.07 bits per heavy atom. The number of pyridine rings is 2. The van der Waals surface area contributed by atoms with Crippen LogP contribution >= 0.6 is 11.6 Å². The smallest absolute Gasteiger partial charge is 0.208 e. The third kappa shape index (κ3) is 5.61. The zero-order valence-corrected chi connectivity index (χ0v) is 26.0. The van der Waals surface area contributed by atoms with Gasteiger partial charge < -0.3 is 4.74 Å². The van der Waals surface area contributed by atoms with Gasteiger partial charge in [0.05, 0.1) is 16.8 Å². The van der Waals surface area contributed by atoms with Crippen molar-refractivity contribution in [3.8, 4) is 44.9 Å². The van der Waals surface area contributed by atoms with Gasteiger partial charge in [0.2, 0.25) is 5.43 Å². The van der Waals surface area contributed by atoms with E-state index in [9.17, 15) is 14.0 Å². The summed E-state index contributed by atoms with van der Waals surface area (Å²) in [6, 6.07) is 32.3. The molecule has 0 radical (unpaired) electrons. The predicted molar refractivity (Wildman–Crippen MR) is 179 cm³/mol. The van der Waals surface area contributed by atoms with E-state index in [0.29, 0.717) is 45.2 Å². The van der Waals surface area contributed by atoms with Crippen LogP contribution in [0.4, 0.5) is 4.39 Å². The monoisotopic (exact) mass is 616 g/mol. The predicted octanol–water partition coefficient (Wildman–Crippen LogP) is 9.14. The summed E-state index contributed by atoms with van der Waals surface area (Å²) in [4.78, 5) is 27.0. The average Bonchev–Trinajstić information content (AvgIpc) is 3.03. The molecule has 0 aliphatic rings. The van der Waals surface area contributed by atoms with Gasteiger partial charge in [-0.3, -0.25) is 18.9 Å². The molecule has 0 aliphatic heterocycles. The molecule has 0 amide bonds. The second-order valence-corrected chi connectivity index (χ2v) is 11.3. The minimum absolute atomic E-state index is 0.0969. The first-order valence-corrected chi connectivity index (χ1v) is 14.9. The number of halogens is 2. The summed E-state index contributed by atoms with van der Waals surface area (Å²) in [6.07, 6.45) is 0. The van der Waals surface area contributed by atoms with Crippen molar-refractivity contribution >= 4 is 11.6 Å². The van der Waals surface area contributed by atoms with Crippen molar-refractivity contribution in [2.75, 3.05) is 0 Å². The lowest BCUT2D eigenvalue weighted by atomic mass is 9.99. The van der Waals surface area contributed by atoms with Crippen LogP contribution < -0.4 is 15.6 Å². The number of hydrogen-bond donors (Lipinski definition) is 0. The third-order valence-corrected chi connectivity index (χ3v) is 8.46. The molecule has 7 heteroatoms. The van der Waals surface area contributed by atoms with Gasteiger partial charge in [-0.25, -0.2) is 4.39 Å². The van der Waals surface area contributed by atoms with E-state index < -0.39 is 0 Å². The lowest BCUT2D eigenvalue weighted by molar-refractivity contribution is 0.483. The van der Waals surface area contributed by atoms with E-state index in [2.05, 4.69) is 0 Å². The van der Waals surface area contributed by atoms with Gasteiger partial charge in [0.15, 0.2) is 5.43 Å². The maximum Gasteiger partial charge on any atom is 0.208 e. The topological polar surface area (TPSA) is 53.2 Å². The van der Waals surface area contributed by atoms with Gasteiger partial charge >= 0.3 is 0 Å². The fourth-order valence-electron chi connectivity index (χ4n) is 5.85. The number of rotatable bonds is 6. The minimum atomic E-state index is -0.300. The first kappa shape index (κ1) is 29.9. The first-order chi connectivity index (χ1) is 21.6. The van der Waals surface area contributed by atoms with Gasteiger partial charge in [0.1, 0.15) is 22.3 Å². The van der Waals surface area contributed by atoms with Crippen LogP contribution in [0.2, 0.25) is 5.02 Å². The second-order valence-electron chi connectivity index (χ2n) is 10.9. The Balaban J connectivity index is 1.45. The highest BCUT2D eigenvalue weighted by Crippen LogP contribution is 2.31. The molecule has 0 saturated carbocycles. The highest BCUT2D eigenvalue weighted by molar-refractivity contribution is 6.31. The second kappa shape index (κ2) is 12.1. The molecule has 5 nitrogen and oxygen atoms in total. The fraction of sp³-hybridized carbons (Fsp3) is 0.105. The molecule has 0 N–H and O–H groups in total. The van der Waals surface area contributed by atoms with E-state index in [0.717, 1.165) is 22.4 Å². The SMILES string of the molecule is Cc1cc(=O)c(-c2ccc(Oc3ccccc3)cc2)c(C)n1-n1c(C)c(Cl)c(=O)c(-c2ccc(-c3ccc(F)cc3)cc2)c1C. The number of aromatic nitrogens is 2. The van der Waals surface area contributed by atoms with Crippen LogP contribution in [0, 0.1) is 33.5 Å². The molecule has 4 aromatic carbocycles. The number of hydrogen-bond acceptors (Lipinski definition) is 3. The number of para-hydroxylation sites is 1. The molecule has 224 valence electrons.